The van der Waals surface area contributed by atoms with E-state index in [1.54, 1.807) is 17.1 Å². The highest BCUT2D eigenvalue weighted by molar-refractivity contribution is 5.33. The van der Waals surface area contributed by atoms with Crippen molar-refractivity contribution >= 4 is 0 Å². The van der Waals surface area contributed by atoms with E-state index in [0.29, 0.717) is 5.75 Å². The Labute approximate surface area is 98.5 Å². The van der Waals surface area contributed by atoms with E-state index in [4.69, 9.17) is 10.00 Å². The first kappa shape index (κ1) is 11.1. The predicted octanol–water partition coefficient (Wildman–Crippen LogP) is 1.75. The van der Waals surface area contributed by atoms with Gasteiger partial charge in [0.05, 0.1) is 12.4 Å². The maximum absolute atomic E-state index is 8.83. The fourth-order valence-corrected chi connectivity index (χ4v) is 1.34. The molecule has 6 nitrogen and oxygen atoms in total. The minimum atomic E-state index is 0.163. The van der Waals surface area contributed by atoms with Crippen LogP contribution in [-0.4, -0.2) is 19.7 Å². The molecule has 0 saturated carbocycles. The van der Waals surface area contributed by atoms with Gasteiger partial charge in [-0.1, -0.05) is 6.92 Å². The summed E-state index contributed by atoms with van der Waals surface area (Å²) in [4.78, 5) is 7.82. The van der Waals surface area contributed by atoms with Crippen molar-refractivity contribution < 1.29 is 4.74 Å². The smallest absolute Gasteiger partial charge is 0.256 e. The molecule has 0 aromatic carbocycles. The fourth-order valence-electron chi connectivity index (χ4n) is 1.34. The molecule has 17 heavy (non-hydrogen) atoms. The van der Waals surface area contributed by atoms with E-state index in [1.807, 2.05) is 6.07 Å². The topological polar surface area (TPSA) is 76.6 Å². The van der Waals surface area contributed by atoms with Crippen molar-refractivity contribution in [3.05, 3.63) is 30.5 Å². The molecule has 0 N–H and O–H groups in total. The van der Waals surface area contributed by atoms with Gasteiger partial charge in [0, 0.05) is 18.9 Å². The molecule has 0 aliphatic rings. The largest absolute Gasteiger partial charge is 0.433 e. The van der Waals surface area contributed by atoms with Gasteiger partial charge in [0.1, 0.15) is 6.07 Å². The Morgan fingerprint density at radius 1 is 1.41 bits per heavy atom. The number of hydrogen-bond acceptors (Lipinski definition) is 5. The lowest BCUT2D eigenvalue weighted by atomic mass is 10.4. The molecule has 86 valence electrons. The normalized spacial score (nSPS) is 9.88. The van der Waals surface area contributed by atoms with Gasteiger partial charge in [0.25, 0.3) is 5.88 Å². The quantitative estimate of drug-likeness (QED) is 0.798. The summed E-state index contributed by atoms with van der Waals surface area (Å²) in [7, 11) is 0. The van der Waals surface area contributed by atoms with Crippen LogP contribution in [0.3, 0.4) is 0 Å². The summed E-state index contributed by atoms with van der Waals surface area (Å²) in [6.45, 7) is 2.90. The van der Waals surface area contributed by atoms with Crippen LogP contribution in [0.4, 0.5) is 0 Å². The molecule has 0 spiro atoms. The molecule has 0 aliphatic carbocycles. The summed E-state index contributed by atoms with van der Waals surface area (Å²) in [5, 5.41) is 13.0. The molecule has 0 fully saturated rings. The van der Waals surface area contributed by atoms with Crippen LogP contribution < -0.4 is 4.74 Å². The first-order valence-corrected chi connectivity index (χ1v) is 5.25. The summed E-state index contributed by atoms with van der Waals surface area (Å²) >= 11 is 0. The first-order valence-electron chi connectivity index (χ1n) is 5.25. The molecule has 2 rings (SSSR count). The number of nitriles is 1. The summed E-state index contributed by atoms with van der Waals surface area (Å²) in [5.41, 5.74) is 0.163. The second-order valence-electron chi connectivity index (χ2n) is 3.36. The third-order valence-electron chi connectivity index (χ3n) is 2.05. The van der Waals surface area contributed by atoms with Crippen LogP contribution >= 0.6 is 0 Å². The molecule has 0 amide bonds. The van der Waals surface area contributed by atoms with Gasteiger partial charge in [-0.15, -0.1) is 0 Å². The highest BCUT2D eigenvalue weighted by atomic mass is 16.5. The molecule has 0 unspecified atom stereocenters. The van der Waals surface area contributed by atoms with Crippen LogP contribution in [0.2, 0.25) is 0 Å². The summed E-state index contributed by atoms with van der Waals surface area (Å²) in [5.74, 6) is 0.751. The van der Waals surface area contributed by atoms with Gasteiger partial charge in [-0.25, -0.2) is 9.97 Å². The van der Waals surface area contributed by atoms with Crippen molar-refractivity contribution in [3.63, 3.8) is 0 Å². The van der Waals surface area contributed by atoms with Crippen molar-refractivity contribution in [1.29, 1.82) is 5.26 Å². The molecular weight excluding hydrogens is 218 g/mol. The zero-order valence-electron chi connectivity index (χ0n) is 9.37. The molecule has 0 saturated heterocycles. The average molecular weight is 229 g/mol. The molecule has 0 atom stereocenters. The number of aromatic nitrogens is 4. The van der Waals surface area contributed by atoms with E-state index in [9.17, 15) is 0 Å². The van der Waals surface area contributed by atoms with E-state index < -0.39 is 0 Å². The van der Waals surface area contributed by atoms with Crippen LogP contribution in [0.5, 0.6) is 11.6 Å². The maximum Gasteiger partial charge on any atom is 0.256 e. The van der Waals surface area contributed by atoms with Crippen molar-refractivity contribution in [3.8, 4) is 17.7 Å². The minimum absolute atomic E-state index is 0.163. The number of aryl methyl sites for hydroxylation is 1. The Balaban J connectivity index is 2.17. The Hall–Kier alpha value is -2.42. The van der Waals surface area contributed by atoms with Crippen molar-refractivity contribution in [2.24, 2.45) is 0 Å². The maximum atomic E-state index is 8.83. The van der Waals surface area contributed by atoms with Crippen LogP contribution in [0.15, 0.2) is 24.8 Å². The fraction of sp³-hybridized carbons (Fsp3) is 0.273. The second-order valence-corrected chi connectivity index (χ2v) is 3.36. The molecule has 2 heterocycles. The minimum Gasteiger partial charge on any atom is -0.433 e. The Morgan fingerprint density at radius 3 is 3.00 bits per heavy atom. The lowest BCUT2D eigenvalue weighted by Crippen LogP contribution is -1.96. The van der Waals surface area contributed by atoms with Gasteiger partial charge in [-0.2, -0.15) is 10.4 Å². The lowest BCUT2D eigenvalue weighted by Gasteiger charge is -2.01. The Morgan fingerprint density at radius 2 is 2.24 bits per heavy atom. The number of rotatable bonds is 4. The highest BCUT2D eigenvalue weighted by Crippen LogP contribution is 2.20. The molecule has 6 heteroatoms. The van der Waals surface area contributed by atoms with Crippen molar-refractivity contribution in [1.82, 2.24) is 19.7 Å². The van der Waals surface area contributed by atoms with Gasteiger partial charge >= 0.3 is 0 Å². The van der Waals surface area contributed by atoms with Crippen LogP contribution in [0, 0.1) is 11.3 Å². The van der Waals surface area contributed by atoms with Gasteiger partial charge in [-0.3, -0.25) is 4.68 Å². The molecule has 2 aromatic heterocycles. The third kappa shape index (κ3) is 2.58. The van der Waals surface area contributed by atoms with E-state index in [2.05, 4.69) is 22.0 Å². The zero-order valence-corrected chi connectivity index (χ0v) is 9.37. The number of nitrogens with zero attached hydrogens (tertiary/aromatic N) is 5. The van der Waals surface area contributed by atoms with Crippen LogP contribution in [0.25, 0.3) is 0 Å². The molecule has 2 aromatic rings. The van der Waals surface area contributed by atoms with E-state index in [-0.39, 0.29) is 11.6 Å². The van der Waals surface area contributed by atoms with Gasteiger partial charge in [0.15, 0.2) is 5.75 Å². The monoisotopic (exact) mass is 229 g/mol. The predicted molar refractivity (Wildman–Crippen MR) is 59.3 cm³/mol. The summed E-state index contributed by atoms with van der Waals surface area (Å²) < 4.78 is 7.22. The summed E-state index contributed by atoms with van der Waals surface area (Å²) in [6.07, 6.45) is 7.28. The second kappa shape index (κ2) is 5.07. The summed E-state index contributed by atoms with van der Waals surface area (Å²) in [6, 6.07) is 1.92. The molecule has 0 bridgehead atoms. The first-order chi connectivity index (χ1) is 8.33. The highest BCUT2D eigenvalue weighted by Gasteiger charge is 2.08. The van der Waals surface area contributed by atoms with Crippen molar-refractivity contribution in [2.45, 2.75) is 19.9 Å². The van der Waals surface area contributed by atoms with Gasteiger partial charge < -0.3 is 4.74 Å². The number of hydrogen-bond donors (Lipinski definition) is 0. The third-order valence-corrected chi connectivity index (χ3v) is 2.05. The van der Waals surface area contributed by atoms with Gasteiger partial charge in [-0.05, 0) is 6.42 Å². The number of ether oxygens (including phenoxy) is 1. The molecule has 0 radical (unpaired) electrons. The van der Waals surface area contributed by atoms with E-state index in [0.717, 1.165) is 13.0 Å². The van der Waals surface area contributed by atoms with E-state index >= 15 is 0 Å². The Kier molecular flexibility index (Phi) is 3.31. The molecule has 0 aliphatic heterocycles. The van der Waals surface area contributed by atoms with Crippen molar-refractivity contribution in [2.75, 3.05) is 0 Å². The average Bonchev–Trinajstić information content (AvgIpc) is 2.78. The Bertz CT molecular complexity index is 543. The SMILES string of the molecule is CCCn1cc(Oc2nccnc2C#N)cn1. The van der Waals surface area contributed by atoms with Crippen LogP contribution in [0.1, 0.15) is 19.0 Å². The van der Waals surface area contributed by atoms with Gasteiger partial charge in [0.2, 0.25) is 5.69 Å². The standard InChI is InChI=1S/C11H11N5O/c1-2-5-16-8-9(7-15-16)17-11-10(6-12)13-3-4-14-11/h3-4,7-8H,2,5H2,1H3. The zero-order chi connectivity index (χ0) is 12.1. The lowest BCUT2D eigenvalue weighted by molar-refractivity contribution is 0.456. The molecular formula is C11H11N5O. The van der Waals surface area contributed by atoms with E-state index in [1.165, 1.54) is 12.4 Å². The van der Waals surface area contributed by atoms with Crippen LogP contribution in [-0.2, 0) is 6.54 Å².